The molecule has 5 fully saturated rings. The van der Waals surface area contributed by atoms with Gasteiger partial charge in [0.2, 0.25) is 5.91 Å². The maximum atomic E-state index is 11.7. The number of hydrogen-bond acceptors (Lipinski definition) is 6. The molecular formula is C22H42N6O3+2. The van der Waals surface area contributed by atoms with E-state index in [0.29, 0.717) is 24.2 Å². The van der Waals surface area contributed by atoms with Gasteiger partial charge in [-0.2, -0.15) is 5.48 Å². The van der Waals surface area contributed by atoms with Crippen molar-refractivity contribution in [3.05, 3.63) is 0 Å². The van der Waals surface area contributed by atoms with Gasteiger partial charge in [-0.05, 0) is 0 Å². The Hall–Kier alpha value is -0.810. The number of nitrogens with zero attached hydrogens (tertiary/aromatic N) is 2. The number of quaternary nitrogens is 2. The van der Waals surface area contributed by atoms with Gasteiger partial charge in [0.25, 0.3) is 0 Å². The Kier molecular flexibility index (Phi) is 7.09. The molecule has 6 atom stereocenters. The molecule has 5 unspecified atom stereocenters. The van der Waals surface area contributed by atoms with Gasteiger partial charge in [-0.3, -0.25) is 14.9 Å². The van der Waals surface area contributed by atoms with Crippen LogP contribution in [0.25, 0.3) is 0 Å². The summed E-state index contributed by atoms with van der Waals surface area (Å²) in [6.07, 6.45) is 8.09. The number of rotatable bonds is 4. The lowest BCUT2D eigenvalue weighted by Gasteiger charge is -2.39. The lowest BCUT2D eigenvalue weighted by atomic mass is 9.92. The second kappa shape index (κ2) is 9.99. The van der Waals surface area contributed by atoms with Crippen LogP contribution in [0.5, 0.6) is 0 Å². The molecule has 0 aromatic carbocycles. The smallest absolute Gasteiger partial charge is 0.219 e. The summed E-state index contributed by atoms with van der Waals surface area (Å²) in [5.74, 6) is 0.825. The number of morpholine rings is 1. The summed E-state index contributed by atoms with van der Waals surface area (Å²) in [5, 5.41) is 6.37. The number of amides is 1. The molecule has 5 aliphatic heterocycles. The molecule has 0 bridgehead atoms. The summed E-state index contributed by atoms with van der Waals surface area (Å²) in [5.41, 5.74) is 3.39. The normalized spacial score (nSPS) is 41.0. The summed E-state index contributed by atoms with van der Waals surface area (Å²) < 4.78 is 5.54. The lowest BCUT2D eigenvalue weighted by Crippen LogP contribution is -3.19. The van der Waals surface area contributed by atoms with Gasteiger partial charge in [0.15, 0.2) is 6.23 Å². The van der Waals surface area contributed by atoms with Crippen LogP contribution in [-0.2, 0) is 14.4 Å². The number of ether oxygens (including phenoxy) is 1. The second-order valence-electron chi connectivity index (χ2n) is 10.2. The van der Waals surface area contributed by atoms with Crippen molar-refractivity contribution < 1.29 is 24.6 Å². The summed E-state index contributed by atoms with van der Waals surface area (Å²) in [4.78, 5) is 24.2. The van der Waals surface area contributed by atoms with Crippen molar-refractivity contribution >= 4 is 5.91 Å². The summed E-state index contributed by atoms with van der Waals surface area (Å²) in [7, 11) is 0. The Balaban J connectivity index is 1.14. The number of likely N-dealkylation sites (tertiary alicyclic amines) is 2. The van der Waals surface area contributed by atoms with Crippen molar-refractivity contribution in [1.82, 2.24) is 20.6 Å². The van der Waals surface area contributed by atoms with Crippen LogP contribution < -0.4 is 21.0 Å². The fraction of sp³-hybridized carbons (Fsp3) is 0.955. The number of hydrogen-bond donors (Lipinski definition) is 4. The van der Waals surface area contributed by atoms with E-state index in [1.165, 1.54) is 38.8 Å². The first kappa shape index (κ1) is 22.0. The molecule has 0 spiro atoms. The molecule has 5 N–H and O–H groups in total. The SMILES string of the molecule is CC(=O)N1CCC([NH+]2CCC[C@H]2C2NC(C3CC[NH2+]C(N4CCOCC4)C3)NO2)CC1. The molecule has 0 saturated carbocycles. The number of carbonyl (C=O) groups excluding carboxylic acids is 1. The van der Waals surface area contributed by atoms with Crippen LogP contribution in [0.2, 0.25) is 0 Å². The van der Waals surface area contributed by atoms with Gasteiger partial charge in [0, 0.05) is 77.5 Å². The predicted molar refractivity (Wildman–Crippen MR) is 115 cm³/mol. The van der Waals surface area contributed by atoms with E-state index in [2.05, 4.69) is 21.0 Å². The minimum absolute atomic E-state index is 0.0982. The average Bonchev–Trinajstić information content (AvgIpc) is 3.50. The molecule has 0 aliphatic carbocycles. The van der Waals surface area contributed by atoms with Gasteiger partial charge in [-0.1, -0.05) is 0 Å². The molecule has 176 valence electrons. The van der Waals surface area contributed by atoms with Crippen LogP contribution in [0.15, 0.2) is 0 Å². The molecule has 5 rings (SSSR count). The van der Waals surface area contributed by atoms with E-state index in [9.17, 15) is 4.79 Å². The minimum Gasteiger partial charge on any atom is -0.379 e. The number of piperidine rings is 2. The standard InChI is InChI=1S/C22H40N6O3/c1-16(29)26-9-5-18(6-10-26)28-8-2-3-19(28)22-24-21(25-31-22)17-4-7-23-20(15-17)27-11-13-30-14-12-27/h17-25H,2-15H2,1H3/p+2/t17?,19-,20?,21?,22?/m0/s1. The first-order valence-corrected chi connectivity index (χ1v) is 12.6. The first-order valence-electron chi connectivity index (χ1n) is 12.6. The molecule has 0 radical (unpaired) electrons. The highest BCUT2D eigenvalue weighted by atomic mass is 16.7. The molecular weight excluding hydrogens is 396 g/mol. The van der Waals surface area contributed by atoms with Gasteiger partial charge < -0.3 is 19.9 Å². The van der Waals surface area contributed by atoms with E-state index < -0.39 is 0 Å². The molecule has 0 aromatic rings. The number of hydroxylamine groups is 1. The summed E-state index contributed by atoms with van der Waals surface area (Å²) in [6.45, 7) is 9.79. The van der Waals surface area contributed by atoms with E-state index >= 15 is 0 Å². The maximum Gasteiger partial charge on any atom is 0.219 e. The van der Waals surface area contributed by atoms with Crippen molar-refractivity contribution in [2.24, 2.45) is 5.92 Å². The second-order valence-corrected chi connectivity index (χ2v) is 10.2. The van der Waals surface area contributed by atoms with E-state index in [1.54, 1.807) is 11.8 Å². The molecule has 31 heavy (non-hydrogen) atoms. The van der Waals surface area contributed by atoms with Crippen LogP contribution in [0.4, 0.5) is 0 Å². The van der Waals surface area contributed by atoms with Crippen LogP contribution in [0, 0.1) is 5.92 Å². The van der Waals surface area contributed by atoms with Crippen LogP contribution in [0.3, 0.4) is 0 Å². The third-order valence-corrected chi connectivity index (χ3v) is 8.46. The summed E-state index contributed by atoms with van der Waals surface area (Å²) >= 11 is 0. The average molecular weight is 439 g/mol. The largest absolute Gasteiger partial charge is 0.379 e. The van der Waals surface area contributed by atoms with Crippen molar-refractivity contribution in [2.45, 2.75) is 76.1 Å². The third kappa shape index (κ3) is 4.93. The van der Waals surface area contributed by atoms with Gasteiger partial charge in [-0.25, -0.2) is 4.90 Å². The van der Waals surface area contributed by atoms with Gasteiger partial charge in [0.1, 0.15) is 12.2 Å². The fourth-order valence-corrected chi connectivity index (χ4v) is 6.67. The van der Waals surface area contributed by atoms with Gasteiger partial charge in [0.05, 0.1) is 38.5 Å². The van der Waals surface area contributed by atoms with E-state index in [0.717, 1.165) is 52.2 Å². The van der Waals surface area contributed by atoms with Crippen LogP contribution >= 0.6 is 0 Å². The molecule has 9 heteroatoms. The highest BCUT2D eigenvalue weighted by molar-refractivity contribution is 5.73. The van der Waals surface area contributed by atoms with Gasteiger partial charge >= 0.3 is 0 Å². The number of carbonyl (C=O) groups is 1. The molecule has 1 amide bonds. The fourth-order valence-electron chi connectivity index (χ4n) is 6.67. The van der Waals surface area contributed by atoms with E-state index in [4.69, 9.17) is 9.57 Å². The maximum absolute atomic E-state index is 11.7. The first-order chi connectivity index (χ1) is 15.2. The van der Waals surface area contributed by atoms with Crippen molar-refractivity contribution in [3.8, 4) is 0 Å². The third-order valence-electron chi connectivity index (χ3n) is 8.46. The highest BCUT2D eigenvalue weighted by Crippen LogP contribution is 2.23. The topological polar surface area (TPSA) is 87.1 Å². The van der Waals surface area contributed by atoms with Gasteiger partial charge in [-0.15, -0.1) is 0 Å². The summed E-state index contributed by atoms with van der Waals surface area (Å²) in [6, 6.07) is 1.17. The highest BCUT2D eigenvalue weighted by Gasteiger charge is 2.46. The van der Waals surface area contributed by atoms with E-state index in [1.807, 2.05) is 4.90 Å². The zero-order chi connectivity index (χ0) is 21.2. The zero-order valence-corrected chi connectivity index (χ0v) is 19.1. The number of nitrogens with two attached hydrogens (primary N) is 1. The Labute approximate surface area is 186 Å². The van der Waals surface area contributed by atoms with Crippen molar-refractivity contribution in [3.63, 3.8) is 0 Å². The Morgan fingerprint density at radius 2 is 1.90 bits per heavy atom. The Morgan fingerprint density at radius 3 is 2.68 bits per heavy atom. The monoisotopic (exact) mass is 438 g/mol. The molecule has 5 aliphatic rings. The quantitative estimate of drug-likeness (QED) is 0.387. The molecule has 5 saturated heterocycles. The Morgan fingerprint density at radius 1 is 1.10 bits per heavy atom. The molecule has 9 nitrogen and oxygen atoms in total. The van der Waals surface area contributed by atoms with Crippen LogP contribution in [-0.4, -0.2) is 98.8 Å². The molecule has 5 heterocycles. The van der Waals surface area contributed by atoms with Crippen molar-refractivity contribution in [2.75, 3.05) is 52.5 Å². The molecule has 0 aromatic heterocycles. The van der Waals surface area contributed by atoms with E-state index in [-0.39, 0.29) is 18.3 Å². The predicted octanol–water partition coefficient (Wildman–Crippen LogP) is -2.55. The lowest BCUT2D eigenvalue weighted by molar-refractivity contribution is -0.942. The minimum atomic E-state index is 0.0982. The zero-order valence-electron chi connectivity index (χ0n) is 19.1. The number of nitrogens with one attached hydrogen (secondary N) is 3. The van der Waals surface area contributed by atoms with Crippen molar-refractivity contribution in [1.29, 1.82) is 0 Å². The Bertz CT molecular complexity index is 610. The van der Waals surface area contributed by atoms with Crippen LogP contribution in [0.1, 0.15) is 45.4 Å².